The molecule has 3 rings (SSSR count). The number of hydrogen-bond donors (Lipinski definition) is 1. The maximum Gasteiger partial charge on any atom is 0.264 e. The van der Waals surface area contributed by atoms with Crippen molar-refractivity contribution >= 4 is 50.7 Å². The second kappa shape index (κ2) is 13.7. The zero-order valence-electron chi connectivity index (χ0n) is 21.9. The van der Waals surface area contributed by atoms with Gasteiger partial charge in [0, 0.05) is 23.1 Å². The van der Waals surface area contributed by atoms with Crippen LogP contribution in [0.15, 0.2) is 77.7 Å². The summed E-state index contributed by atoms with van der Waals surface area (Å²) in [5.74, 6) is -0.690. The maximum absolute atomic E-state index is 13.9. The van der Waals surface area contributed by atoms with Crippen molar-refractivity contribution in [2.24, 2.45) is 0 Å². The predicted octanol–water partition coefficient (Wildman–Crippen LogP) is 5.14. The average molecular weight is 593 g/mol. The van der Waals surface area contributed by atoms with Gasteiger partial charge in [0.05, 0.1) is 17.2 Å². The number of carbonyl (C=O) groups is 2. The van der Waals surface area contributed by atoms with Gasteiger partial charge in [0.2, 0.25) is 11.8 Å². The number of para-hydroxylation sites is 2. The lowest BCUT2D eigenvalue weighted by Crippen LogP contribution is -2.51. The minimum atomic E-state index is -4.20. The Hall–Kier alpha value is -3.27. The molecule has 0 heterocycles. The van der Waals surface area contributed by atoms with Crippen LogP contribution < -0.4 is 14.4 Å². The lowest BCUT2D eigenvalue weighted by Gasteiger charge is -2.32. The molecule has 1 N–H and O–H groups in total. The summed E-state index contributed by atoms with van der Waals surface area (Å²) in [4.78, 5) is 28.1. The van der Waals surface area contributed by atoms with E-state index < -0.39 is 28.5 Å². The number of likely N-dealkylation sites (N-methyl/N-ethyl adjacent to an activating group) is 1. The van der Waals surface area contributed by atoms with E-state index in [1.165, 1.54) is 17.0 Å². The van der Waals surface area contributed by atoms with Crippen LogP contribution in [-0.2, 0) is 26.2 Å². The van der Waals surface area contributed by atoms with Crippen LogP contribution in [0.25, 0.3) is 0 Å². The van der Waals surface area contributed by atoms with Crippen LogP contribution in [0.1, 0.15) is 26.3 Å². The molecule has 0 bridgehead atoms. The molecule has 3 aromatic rings. The lowest BCUT2D eigenvalue weighted by molar-refractivity contribution is -0.139. The third kappa shape index (κ3) is 7.44. The number of anilines is 1. The van der Waals surface area contributed by atoms with Gasteiger partial charge in [0.25, 0.3) is 10.0 Å². The average Bonchev–Trinajstić information content (AvgIpc) is 2.92. The molecule has 0 fully saturated rings. The molecule has 0 saturated carbocycles. The lowest BCUT2D eigenvalue weighted by atomic mass is 10.1. The van der Waals surface area contributed by atoms with Crippen molar-refractivity contribution in [2.45, 2.75) is 38.3 Å². The summed E-state index contributed by atoms with van der Waals surface area (Å²) < 4.78 is 34.5. The highest BCUT2D eigenvalue weighted by molar-refractivity contribution is 7.92. The van der Waals surface area contributed by atoms with Crippen molar-refractivity contribution in [2.75, 3.05) is 24.0 Å². The van der Waals surface area contributed by atoms with Gasteiger partial charge >= 0.3 is 0 Å². The van der Waals surface area contributed by atoms with Crippen LogP contribution in [0, 0.1) is 0 Å². The second-order valence-corrected chi connectivity index (χ2v) is 11.3. The number of ether oxygens (including phenoxy) is 1. The van der Waals surface area contributed by atoms with Crippen molar-refractivity contribution < 1.29 is 22.7 Å². The molecule has 3 aromatic carbocycles. The number of carbonyl (C=O) groups excluding carboxylic acids is 2. The van der Waals surface area contributed by atoms with Gasteiger partial charge in [-0.1, -0.05) is 59.6 Å². The van der Waals surface area contributed by atoms with Crippen LogP contribution in [0.3, 0.4) is 0 Å². The summed E-state index contributed by atoms with van der Waals surface area (Å²) in [5.41, 5.74) is 0.754. The number of rotatable bonds is 12. The minimum absolute atomic E-state index is 0.00757. The topological polar surface area (TPSA) is 96.0 Å². The Labute approximate surface area is 239 Å². The van der Waals surface area contributed by atoms with E-state index in [4.69, 9.17) is 27.9 Å². The van der Waals surface area contributed by atoms with Crippen molar-refractivity contribution in [1.29, 1.82) is 0 Å². The first kappa shape index (κ1) is 30.3. The van der Waals surface area contributed by atoms with Crippen LogP contribution in [0.5, 0.6) is 5.75 Å². The number of nitrogens with one attached hydrogen (secondary N) is 1. The molecule has 8 nitrogen and oxygen atoms in total. The van der Waals surface area contributed by atoms with E-state index in [9.17, 15) is 18.0 Å². The number of sulfonamides is 1. The van der Waals surface area contributed by atoms with Gasteiger partial charge in [-0.05, 0) is 62.7 Å². The molecule has 0 radical (unpaired) electrons. The molecule has 0 unspecified atom stereocenters. The van der Waals surface area contributed by atoms with E-state index in [-0.39, 0.29) is 23.0 Å². The monoisotopic (exact) mass is 591 g/mol. The zero-order chi connectivity index (χ0) is 28.6. The SMILES string of the molecule is CCNC(=O)[C@H](C)N(Cc1ccc(Cl)cc1Cl)C(=O)CN(c1ccccc1OCC)S(=O)(=O)c1ccccc1. The summed E-state index contributed by atoms with van der Waals surface area (Å²) >= 11 is 12.4. The molecule has 0 aliphatic heterocycles. The van der Waals surface area contributed by atoms with Crippen LogP contribution in [-0.4, -0.2) is 50.9 Å². The smallest absolute Gasteiger partial charge is 0.264 e. The quantitative estimate of drug-likeness (QED) is 0.314. The molecular formula is C28H31Cl2N3O5S. The normalized spacial score (nSPS) is 11.9. The van der Waals surface area contributed by atoms with E-state index in [0.29, 0.717) is 34.5 Å². The molecule has 1 atom stereocenters. The molecule has 0 aliphatic rings. The third-order valence-electron chi connectivity index (χ3n) is 5.92. The van der Waals surface area contributed by atoms with Gasteiger partial charge < -0.3 is 15.0 Å². The Kier molecular flexibility index (Phi) is 10.6. The number of benzene rings is 3. The molecule has 39 heavy (non-hydrogen) atoms. The highest BCUT2D eigenvalue weighted by atomic mass is 35.5. The Morgan fingerprint density at radius 1 is 0.974 bits per heavy atom. The minimum Gasteiger partial charge on any atom is -0.492 e. The van der Waals surface area contributed by atoms with Crippen molar-refractivity contribution in [3.8, 4) is 5.75 Å². The summed E-state index contributed by atoms with van der Waals surface area (Å²) in [5, 5.41) is 3.46. The van der Waals surface area contributed by atoms with E-state index >= 15 is 0 Å². The van der Waals surface area contributed by atoms with Crippen molar-refractivity contribution in [1.82, 2.24) is 10.2 Å². The fraction of sp³-hybridized carbons (Fsp3) is 0.286. The van der Waals surface area contributed by atoms with E-state index in [1.807, 2.05) is 0 Å². The molecule has 2 amide bonds. The predicted molar refractivity (Wildman–Crippen MR) is 154 cm³/mol. The number of amides is 2. The van der Waals surface area contributed by atoms with Crippen LogP contribution >= 0.6 is 23.2 Å². The maximum atomic E-state index is 13.9. The second-order valence-electron chi connectivity index (χ2n) is 8.55. The van der Waals surface area contributed by atoms with E-state index in [1.54, 1.807) is 81.4 Å². The largest absolute Gasteiger partial charge is 0.492 e. The van der Waals surface area contributed by atoms with Gasteiger partial charge in [0.15, 0.2) is 0 Å². The fourth-order valence-corrected chi connectivity index (χ4v) is 5.83. The van der Waals surface area contributed by atoms with E-state index in [0.717, 1.165) is 4.31 Å². The molecule has 0 saturated heterocycles. The van der Waals surface area contributed by atoms with Crippen molar-refractivity contribution in [3.63, 3.8) is 0 Å². The standard InChI is InChI=1S/C28H31Cl2N3O5S/c1-4-31-28(35)20(3)32(18-21-15-16-22(29)17-24(21)30)27(34)19-33(25-13-9-10-14-26(25)38-5-2)39(36,37)23-11-7-6-8-12-23/h6-17,20H,4-5,18-19H2,1-3H3,(H,31,35)/t20-/m0/s1. The highest BCUT2D eigenvalue weighted by Gasteiger charge is 2.33. The molecule has 208 valence electrons. The Bertz CT molecular complexity index is 1400. The van der Waals surface area contributed by atoms with Gasteiger partial charge in [-0.3, -0.25) is 13.9 Å². The highest BCUT2D eigenvalue weighted by Crippen LogP contribution is 2.33. The zero-order valence-corrected chi connectivity index (χ0v) is 24.3. The summed E-state index contributed by atoms with van der Waals surface area (Å²) in [6.07, 6.45) is 0. The Balaban J connectivity index is 2.09. The molecular weight excluding hydrogens is 561 g/mol. The number of halogens is 2. The third-order valence-corrected chi connectivity index (χ3v) is 8.28. The van der Waals surface area contributed by atoms with Crippen LogP contribution in [0.2, 0.25) is 10.0 Å². The first-order chi connectivity index (χ1) is 18.6. The Morgan fingerprint density at radius 3 is 2.28 bits per heavy atom. The number of nitrogens with zero attached hydrogens (tertiary/aromatic N) is 2. The van der Waals surface area contributed by atoms with Gasteiger partial charge in [-0.25, -0.2) is 8.42 Å². The fourth-order valence-electron chi connectivity index (χ4n) is 3.91. The van der Waals surface area contributed by atoms with Crippen LogP contribution in [0.4, 0.5) is 5.69 Å². The molecule has 11 heteroatoms. The Morgan fingerprint density at radius 2 is 1.64 bits per heavy atom. The van der Waals surface area contributed by atoms with Gasteiger partial charge in [-0.15, -0.1) is 0 Å². The summed E-state index contributed by atoms with van der Waals surface area (Å²) in [7, 11) is -4.20. The van der Waals surface area contributed by atoms with Gasteiger partial charge in [-0.2, -0.15) is 0 Å². The molecule has 0 aromatic heterocycles. The number of hydrogen-bond acceptors (Lipinski definition) is 5. The summed E-state index contributed by atoms with van der Waals surface area (Å²) in [6.45, 7) is 5.16. The first-order valence-corrected chi connectivity index (χ1v) is 14.6. The summed E-state index contributed by atoms with van der Waals surface area (Å²) in [6, 6.07) is 18.3. The van der Waals surface area contributed by atoms with Gasteiger partial charge in [0.1, 0.15) is 18.3 Å². The first-order valence-electron chi connectivity index (χ1n) is 12.4. The molecule has 0 aliphatic carbocycles. The van der Waals surface area contributed by atoms with E-state index in [2.05, 4.69) is 5.32 Å². The van der Waals surface area contributed by atoms with Crippen molar-refractivity contribution in [3.05, 3.63) is 88.4 Å². The molecule has 0 spiro atoms.